The van der Waals surface area contributed by atoms with E-state index < -0.39 is 0 Å². The predicted octanol–water partition coefficient (Wildman–Crippen LogP) is 1.08. The topological polar surface area (TPSA) is 76.2 Å². The molecule has 3 N–H and O–H groups in total. The van der Waals surface area contributed by atoms with Gasteiger partial charge in [-0.3, -0.25) is 0 Å². The Morgan fingerprint density at radius 3 is 2.75 bits per heavy atom. The second-order valence-corrected chi connectivity index (χ2v) is 4.60. The van der Waals surface area contributed by atoms with E-state index in [4.69, 9.17) is 5.73 Å². The van der Waals surface area contributed by atoms with Crippen molar-refractivity contribution in [1.82, 2.24) is 15.5 Å². The zero-order valence-electron chi connectivity index (χ0n) is 9.66. The van der Waals surface area contributed by atoms with E-state index in [9.17, 15) is 0 Å². The van der Waals surface area contributed by atoms with Gasteiger partial charge in [-0.1, -0.05) is 30.4 Å². The van der Waals surface area contributed by atoms with E-state index in [1.807, 2.05) is 6.92 Å². The molecule has 0 aromatic carbocycles. The van der Waals surface area contributed by atoms with Gasteiger partial charge in [-0.25, -0.2) is 4.99 Å². The Balaban J connectivity index is 2.42. The van der Waals surface area contributed by atoms with Gasteiger partial charge in [0.1, 0.15) is 10.0 Å². The quantitative estimate of drug-likeness (QED) is 0.458. The molecule has 0 atom stereocenters. The Morgan fingerprint density at radius 1 is 1.50 bits per heavy atom. The molecule has 88 valence electrons. The van der Waals surface area contributed by atoms with Crippen LogP contribution in [0.15, 0.2) is 17.1 Å². The monoisotopic (exact) mass is 239 g/mol. The summed E-state index contributed by atoms with van der Waals surface area (Å²) in [5.74, 6) is 0.413. The molecule has 1 aromatic heterocycles. The van der Waals surface area contributed by atoms with Crippen molar-refractivity contribution in [1.29, 1.82) is 0 Å². The lowest BCUT2D eigenvalue weighted by atomic mass is 10.3. The van der Waals surface area contributed by atoms with Gasteiger partial charge in [0.15, 0.2) is 5.96 Å². The zero-order chi connectivity index (χ0) is 12.0. The van der Waals surface area contributed by atoms with Crippen LogP contribution >= 0.6 is 11.3 Å². The molecule has 6 heteroatoms. The number of hydrogen-bond acceptors (Lipinski definition) is 4. The Labute approximate surface area is 99.5 Å². The lowest BCUT2D eigenvalue weighted by Crippen LogP contribution is -2.32. The normalized spacial score (nSPS) is 11.5. The number of nitrogens with zero attached hydrogens (tertiary/aromatic N) is 3. The highest BCUT2D eigenvalue weighted by molar-refractivity contribution is 7.11. The Morgan fingerprint density at radius 2 is 2.19 bits per heavy atom. The van der Waals surface area contributed by atoms with Gasteiger partial charge in [-0.15, -0.1) is 10.2 Å². The summed E-state index contributed by atoms with van der Waals surface area (Å²) >= 11 is 1.57. The first-order valence-electron chi connectivity index (χ1n) is 5.11. The maximum Gasteiger partial charge on any atom is 0.189 e. The van der Waals surface area contributed by atoms with Crippen LogP contribution in [0.3, 0.4) is 0 Å². The average Bonchev–Trinajstić information content (AvgIpc) is 2.71. The summed E-state index contributed by atoms with van der Waals surface area (Å²) in [5.41, 5.74) is 6.68. The highest BCUT2D eigenvalue weighted by Gasteiger charge is 2.01. The standard InChI is InChI=1S/C10H17N5S/c1-4-8-14-15-9(16-8)6-13-10(11)12-5-7(2)3/h2,4-6H2,1,3H3,(H3,11,12,13). The largest absolute Gasteiger partial charge is 0.370 e. The summed E-state index contributed by atoms with van der Waals surface area (Å²) < 4.78 is 0. The number of aryl methyl sites for hydroxylation is 1. The maximum absolute atomic E-state index is 5.66. The van der Waals surface area contributed by atoms with Crippen LogP contribution in [0, 0.1) is 0 Å². The molecule has 0 aliphatic carbocycles. The molecule has 0 saturated carbocycles. The Kier molecular flexibility index (Phi) is 4.91. The first-order chi connectivity index (χ1) is 7.61. The molecule has 1 aromatic rings. The van der Waals surface area contributed by atoms with E-state index in [0.29, 0.717) is 19.0 Å². The van der Waals surface area contributed by atoms with Gasteiger partial charge in [0.25, 0.3) is 0 Å². The summed E-state index contributed by atoms with van der Waals surface area (Å²) in [6.45, 7) is 8.87. The Hall–Kier alpha value is -1.43. The van der Waals surface area contributed by atoms with Crippen LogP contribution in [0.2, 0.25) is 0 Å². The van der Waals surface area contributed by atoms with E-state index in [0.717, 1.165) is 22.0 Å². The highest BCUT2D eigenvalue weighted by atomic mass is 32.1. The van der Waals surface area contributed by atoms with Crippen molar-refractivity contribution in [3.05, 3.63) is 22.2 Å². The van der Waals surface area contributed by atoms with Crippen molar-refractivity contribution >= 4 is 17.3 Å². The van der Waals surface area contributed by atoms with Gasteiger partial charge in [0, 0.05) is 6.54 Å². The summed E-state index contributed by atoms with van der Waals surface area (Å²) in [6, 6.07) is 0. The summed E-state index contributed by atoms with van der Waals surface area (Å²) in [5, 5.41) is 12.9. The molecule has 0 radical (unpaired) electrons. The van der Waals surface area contributed by atoms with Gasteiger partial charge in [0.05, 0.1) is 6.54 Å². The molecule has 0 spiro atoms. The van der Waals surface area contributed by atoms with Crippen LogP contribution in [-0.2, 0) is 13.0 Å². The molecule has 0 bridgehead atoms. The van der Waals surface area contributed by atoms with Crippen LogP contribution in [-0.4, -0.2) is 22.7 Å². The lowest BCUT2D eigenvalue weighted by molar-refractivity contribution is 0.901. The van der Waals surface area contributed by atoms with E-state index in [1.54, 1.807) is 11.3 Å². The van der Waals surface area contributed by atoms with Crippen LogP contribution in [0.5, 0.6) is 0 Å². The number of hydrogen-bond donors (Lipinski definition) is 2. The van der Waals surface area contributed by atoms with Crippen LogP contribution in [0.25, 0.3) is 0 Å². The molecule has 0 saturated heterocycles. The minimum atomic E-state index is 0.413. The van der Waals surface area contributed by atoms with Crippen molar-refractivity contribution in [2.75, 3.05) is 6.54 Å². The maximum atomic E-state index is 5.66. The van der Waals surface area contributed by atoms with E-state index in [-0.39, 0.29) is 0 Å². The lowest BCUT2D eigenvalue weighted by Gasteiger charge is -2.03. The number of rotatable bonds is 5. The first kappa shape index (κ1) is 12.6. The van der Waals surface area contributed by atoms with Crippen molar-refractivity contribution < 1.29 is 0 Å². The first-order valence-corrected chi connectivity index (χ1v) is 5.93. The van der Waals surface area contributed by atoms with E-state index in [2.05, 4.69) is 34.0 Å². The molecule has 0 aliphatic rings. The molecular weight excluding hydrogens is 222 g/mol. The van der Waals surface area contributed by atoms with Crippen LogP contribution in [0.4, 0.5) is 0 Å². The number of guanidine groups is 1. The second-order valence-electron chi connectivity index (χ2n) is 3.46. The SMILES string of the molecule is C=C(C)CNC(N)=NCc1nnc(CC)s1. The molecule has 0 fully saturated rings. The molecule has 1 rings (SSSR count). The van der Waals surface area contributed by atoms with Crippen molar-refractivity contribution in [2.24, 2.45) is 10.7 Å². The third kappa shape index (κ3) is 4.39. The molecule has 1 heterocycles. The fourth-order valence-corrected chi connectivity index (χ4v) is 1.65. The summed E-state index contributed by atoms with van der Waals surface area (Å²) in [7, 11) is 0. The number of nitrogens with two attached hydrogens (primary N) is 1. The average molecular weight is 239 g/mol. The molecule has 0 aliphatic heterocycles. The summed E-state index contributed by atoms with van der Waals surface area (Å²) in [6.07, 6.45) is 0.908. The third-order valence-electron chi connectivity index (χ3n) is 1.77. The van der Waals surface area contributed by atoms with Gasteiger partial charge < -0.3 is 11.1 Å². The second kappa shape index (κ2) is 6.22. The molecule has 5 nitrogen and oxygen atoms in total. The Bertz CT molecular complexity index is 382. The fraction of sp³-hybridized carbons (Fsp3) is 0.500. The van der Waals surface area contributed by atoms with E-state index >= 15 is 0 Å². The minimum absolute atomic E-state index is 0.413. The summed E-state index contributed by atoms with van der Waals surface area (Å²) in [4.78, 5) is 4.16. The zero-order valence-corrected chi connectivity index (χ0v) is 10.5. The number of nitrogens with one attached hydrogen (secondary N) is 1. The smallest absolute Gasteiger partial charge is 0.189 e. The van der Waals surface area contributed by atoms with Gasteiger partial charge in [-0.05, 0) is 13.3 Å². The fourth-order valence-electron chi connectivity index (χ4n) is 0.945. The van der Waals surface area contributed by atoms with Gasteiger partial charge >= 0.3 is 0 Å². The third-order valence-corrected chi connectivity index (χ3v) is 2.82. The molecule has 16 heavy (non-hydrogen) atoms. The van der Waals surface area contributed by atoms with Crippen LogP contribution < -0.4 is 11.1 Å². The van der Waals surface area contributed by atoms with Crippen molar-refractivity contribution in [2.45, 2.75) is 26.8 Å². The molecule has 0 amide bonds. The van der Waals surface area contributed by atoms with Crippen molar-refractivity contribution in [3.63, 3.8) is 0 Å². The number of aliphatic imine (C=N–C) groups is 1. The van der Waals surface area contributed by atoms with Gasteiger partial charge in [0.2, 0.25) is 0 Å². The minimum Gasteiger partial charge on any atom is -0.370 e. The van der Waals surface area contributed by atoms with Gasteiger partial charge in [-0.2, -0.15) is 0 Å². The van der Waals surface area contributed by atoms with E-state index in [1.165, 1.54) is 0 Å². The highest BCUT2D eigenvalue weighted by Crippen LogP contribution is 2.10. The van der Waals surface area contributed by atoms with Crippen LogP contribution in [0.1, 0.15) is 23.9 Å². The predicted molar refractivity (Wildman–Crippen MR) is 67.4 cm³/mol. The number of aromatic nitrogens is 2. The molecule has 0 unspecified atom stereocenters. The van der Waals surface area contributed by atoms with Crippen molar-refractivity contribution in [3.8, 4) is 0 Å². The molecular formula is C10H17N5S.